The van der Waals surface area contributed by atoms with E-state index < -0.39 is 0 Å². The molecule has 0 aromatic carbocycles. The molecule has 0 bridgehead atoms. The number of nitrogens with two attached hydrogens (primary N) is 1. The molecule has 1 atom stereocenters. The summed E-state index contributed by atoms with van der Waals surface area (Å²) in [6.07, 6.45) is 13.8. The lowest BCUT2D eigenvalue weighted by Crippen LogP contribution is -2.60. The molecule has 0 radical (unpaired) electrons. The molecule has 0 amide bonds. The molecule has 3 nitrogen and oxygen atoms in total. The Bertz CT molecular complexity index is 234. The minimum atomic E-state index is 0.137. The molecule has 1 aliphatic carbocycles. The Balaban J connectivity index is 2.88. The number of nitrogens with zero attached hydrogens (tertiary/aromatic N) is 1. The Hall–Kier alpha value is -0.560. The van der Waals surface area contributed by atoms with Crippen molar-refractivity contribution in [3.05, 3.63) is 0 Å². The van der Waals surface area contributed by atoms with Crippen LogP contribution in [0.3, 0.4) is 0 Å². The van der Waals surface area contributed by atoms with Crippen molar-refractivity contribution in [2.75, 3.05) is 14.1 Å². The zero-order chi connectivity index (χ0) is 12.0. The van der Waals surface area contributed by atoms with Gasteiger partial charge in [-0.3, -0.25) is 11.3 Å². The second-order valence-corrected chi connectivity index (χ2v) is 5.04. The molecule has 0 saturated heterocycles. The molecule has 0 aliphatic heterocycles. The highest BCUT2D eigenvalue weighted by Gasteiger charge is 2.39. The number of terminal acetylenes is 1. The van der Waals surface area contributed by atoms with E-state index in [1.54, 1.807) is 0 Å². The highest BCUT2D eigenvalue weighted by atomic mass is 15.3. The van der Waals surface area contributed by atoms with Crippen LogP contribution in [0, 0.1) is 12.3 Å². The summed E-state index contributed by atoms with van der Waals surface area (Å²) in [6.45, 7) is 0. The van der Waals surface area contributed by atoms with E-state index in [-0.39, 0.29) is 11.6 Å². The van der Waals surface area contributed by atoms with Crippen LogP contribution in [0.5, 0.6) is 0 Å². The van der Waals surface area contributed by atoms with Gasteiger partial charge in [0.05, 0.1) is 6.04 Å². The highest BCUT2D eigenvalue weighted by molar-refractivity contribution is 5.04. The van der Waals surface area contributed by atoms with Crippen LogP contribution in [-0.4, -0.2) is 30.6 Å². The third kappa shape index (κ3) is 2.76. The van der Waals surface area contributed by atoms with Gasteiger partial charge in [-0.1, -0.05) is 25.7 Å². The Morgan fingerprint density at radius 2 is 1.88 bits per heavy atom. The van der Waals surface area contributed by atoms with Gasteiger partial charge in [-0.2, -0.15) is 0 Å². The lowest BCUT2D eigenvalue weighted by Gasteiger charge is -2.45. The molecule has 92 valence electrons. The zero-order valence-electron chi connectivity index (χ0n) is 10.6. The molecular weight excluding hydrogens is 198 g/mol. The SMILES string of the molecule is C#CCC(NN)C1(N(C)C)CCCCCC1. The first-order valence-electron chi connectivity index (χ1n) is 6.24. The smallest absolute Gasteiger partial charge is 0.0503 e. The van der Waals surface area contributed by atoms with Gasteiger partial charge in [-0.15, -0.1) is 12.3 Å². The number of rotatable bonds is 4. The van der Waals surface area contributed by atoms with E-state index in [0.29, 0.717) is 6.42 Å². The van der Waals surface area contributed by atoms with Gasteiger partial charge < -0.3 is 4.90 Å². The van der Waals surface area contributed by atoms with Crippen molar-refractivity contribution in [1.82, 2.24) is 10.3 Å². The quantitative estimate of drug-likeness (QED) is 0.328. The van der Waals surface area contributed by atoms with Crippen LogP contribution in [0.1, 0.15) is 44.9 Å². The van der Waals surface area contributed by atoms with Gasteiger partial charge in [0.15, 0.2) is 0 Å². The summed E-state index contributed by atoms with van der Waals surface area (Å²) in [4.78, 5) is 2.32. The minimum absolute atomic E-state index is 0.137. The summed E-state index contributed by atoms with van der Waals surface area (Å²) in [6, 6.07) is 0.200. The molecule has 1 unspecified atom stereocenters. The van der Waals surface area contributed by atoms with Gasteiger partial charge >= 0.3 is 0 Å². The maximum Gasteiger partial charge on any atom is 0.0503 e. The summed E-state index contributed by atoms with van der Waals surface area (Å²) in [5.41, 5.74) is 3.08. The van der Waals surface area contributed by atoms with E-state index in [1.807, 2.05) is 0 Å². The van der Waals surface area contributed by atoms with Crippen LogP contribution >= 0.6 is 0 Å². The average Bonchev–Trinajstić information content (AvgIpc) is 2.52. The first kappa shape index (κ1) is 13.5. The molecule has 1 saturated carbocycles. The molecule has 3 N–H and O–H groups in total. The second-order valence-electron chi connectivity index (χ2n) is 5.04. The van der Waals surface area contributed by atoms with Crippen molar-refractivity contribution in [3.63, 3.8) is 0 Å². The molecule has 16 heavy (non-hydrogen) atoms. The summed E-state index contributed by atoms with van der Waals surface area (Å²) < 4.78 is 0. The summed E-state index contributed by atoms with van der Waals surface area (Å²) in [5, 5.41) is 0. The lowest BCUT2D eigenvalue weighted by molar-refractivity contribution is 0.0822. The fraction of sp³-hybridized carbons (Fsp3) is 0.846. The van der Waals surface area contributed by atoms with E-state index in [2.05, 4.69) is 30.3 Å². The van der Waals surface area contributed by atoms with Crippen LogP contribution in [0.25, 0.3) is 0 Å². The third-order valence-corrected chi connectivity index (χ3v) is 4.03. The van der Waals surface area contributed by atoms with Gasteiger partial charge in [0.25, 0.3) is 0 Å². The fourth-order valence-corrected chi connectivity index (χ4v) is 2.97. The number of likely N-dealkylation sites (N-methyl/N-ethyl adjacent to an activating group) is 1. The third-order valence-electron chi connectivity index (χ3n) is 4.03. The van der Waals surface area contributed by atoms with Crippen LogP contribution in [0.2, 0.25) is 0 Å². The fourth-order valence-electron chi connectivity index (χ4n) is 2.97. The molecule has 0 aromatic heterocycles. The van der Waals surface area contributed by atoms with Crippen LogP contribution in [0.15, 0.2) is 0 Å². The minimum Gasteiger partial charge on any atom is -0.302 e. The Morgan fingerprint density at radius 1 is 1.31 bits per heavy atom. The van der Waals surface area contributed by atoms with Crippen molar-refractivity contribution in [2.45, 2.75) is 56.5 Å². The molecular formula is C13H25N3. The summed E-state index contributed by atoms with van der Waals surface area (Å²) in [5.74, 6) is 8.44. The first-order valence-corrected chi connectivity index (χ1v) is 6.24. The van der Waals surface area contributed by atoms with E-state index >= 15 is 0 Å². The van der Waals surface area contributed by atoms with Crippen molar-refractivity contribution in [2.24, 2.45) is 5.84 Å². The van der Waals surface area contributed by atoms with Crippen LogP contribution in [0.4, 0.5) is 0 Å². The number of hydrazine groups is 1. The molecule has 1 fully saturated rings. The maximum atomic E-state index is 5.69. The van der Waals surface area contributed by atoms with Crippen molar-refractivity contribution in [1.29, 1.82) is 0 Å². The molecule has 0 heterocycles. The van der Waals surface area contributed by atoms with Crippen LogP contribution < -0.4 is 11.3 Å². The second kappa shape index (κ2) is 6.24. The average molecular weight is 223 g/mol. The van der Waals surface area contributed by atoms with E-state index in [0.717, 1.165) is 0 Å². The van der Waals surface area contributed by atoms with Gasteiger partial charge in [0, 0.05) is 12.0 Å². The maximum absolute atomic E-state index is 5.69. The Kier molecular flexibility index (Phi) is 5.27. The Morgan fingerprint density at radius 3 is 2.25 bits per heavy atom. The summed E-state index contributed by atoms with van der Waals surface area (Å²) >= 11 is 0. The first-order chi connectivity index (χ1) is 7.67. The normalized spacial score (nSPS) is 22.4. The van der Waals surface area contributed by atoms with E-state index in [9.17, 15) is 0 Å². The number of nitrogens with one attached hydrogen (secondary N) is 1. The monoisotopic (exact) mass is 223 g/mol. The van der Waals surface area contributed by atoms with E-state index in [4.69, 9.17) is 12.3 Å². The number of hydrogen-bond acceptors (Lipinski definition) is 3. The van der Waals surface area contributed by atoms with Gasteiger partial charge in [-0.05, 0) is 26.9 Å². The number of hydrogen-bond donors (Lipinski definition) is 2. The van der Waals surface area contributed by atoms with Gasteiger partial charge in [-0.25, -0.2) is 0 Å². The predicted molar refractivity (Wildman–Crippen MR) is 68.7 cm³/mol. The largest absolute Gasteiger partial charge is 0.302 e. The molecule has 0 spiro atoms. The molecule has 0 aromatic rings. The van der Waals surface area contributed by atoms with Crippen molar-refractivity contribution in [3.8, 4) is 12.3 Å². The zero-order valence-corrected chi connectivity index (χ0v) is 10.6. The molecule has 3 heteroatoms. The molecule has 1 aliphatic rings. The van der Waals surface area contributed by atoms with Gasteiger partial charge in [0.1, 0.15) is 0 Å². The Labute approximate surface area is 99.7 Å². The molecule has 1 rings (SSSR count). The van der Waals surface area contributed by atoms with Crippen LogP contribution in [-0.2, 0) is 0 Å². The summed E-state index contributed by atoms with van der Waals surface area (Å²) in [7, 11) is 4.29. The van der Waals surface area contributed by atoms with Crippen molar-refractivity contribution < 1.29 is 0 Å². The highest BCUT2D eigenvalue weighted by Crippen LogP contribution is 2.34. The topological polar surface area (TPSA) is 41.3 Å². The lowest BCUT2D eigenvalue weighted by atomic mass is 9.80. The predicted octanol–water partition coefficient (Wildman–Crippen LogP) is 1.50. The van der Waals surface area contributed by atoms with Crippen molar-refractivity contribution >= 4 is 0 Å². The van der Waals surface area contributed by atoms with E-state index in [1.165, 1.54) is 38.5 Å². The van der Waals surface area contributed by atoms with Gasteiger partial charge in [0.2, 0.25) is 0 Å². The standard InChI is InChI=1S/C13H25N3/c1-4-9-12(15-14)13(16(2)3)10-7-5-6-8-11-13/h1,12,15H,5-11,14H2,2-3H3.